The summed E-state index contributed by atoms with van der Waals surface area (Å²) in [6.45, 7) is 6.64. The molecule has 0 atom stereocenters. The Hall–Kier alpha value is -0.0400. The highest BCUT2D eigenvalue weighted by molar-refractivity contribution is 4.61. The Morgan fingerprint density at radius 2 is 1.00 bits per heavy atom. The van der Waals surface area contributed by atoms with Gasteiger partial charge < -0.3 is 4.90 Å². The van der Waals surface area contributed by atoms with E-state index in [0.717, 1.165) is 0 Å². The second-order valence-corrected chi connectivity index (χ2v) is 3.07. The number of hydrogen-bond acceptors (Lipinski definition) is 1. The SMILES string of the molecule is C1CCC1.CC.CN1CCC1. The van der Waals surface area contributed by atoms with Crippen molar-refractivity contribution in [1.82, 2.24) is 4.90 Å². The Bertz CT molecular complexity index is 59.3. The number of hydrogen-bond donors (Lipinski definition) is 0. The lowest BCUT2D eigenvalue weighted by molar-refractivity contribution is 0.229. The highest BCUT2D eigenvalue weighted by Crippen LogP contribution is 2.15. The van der Waals surface area contributed by atoms with Crippen molar-refractivity contribution in [1.29, 1.82) is 0 Å². The number of nitrogens with zero attached hydrogens (tertiary/aromatic N) is 1. The molecule has 2 fully saturated rings. The summed E-state index contributed by atoms with van der Waals surface area (Å²) in [4.78, 5) is 2.31. The first kappa shape index (κ1) is 11.0. The molecule has 1 heteroatoms. The first-order valence-corrected chi connectivity index (χ1v) is 5.08. The van der Waals surface area contributed by atoms with Crippen molar-refractivity contribution >= 4 is 0 Å². The monoisotopic (exact) mass is 157 g/mol. The average Bonchev–Trinajstić information content (AvgIpc) is 1.85. The van der Waals surface area contributed by atoms with Gasteiger partial charge in [-0.15, -0.1) is 0 Å². The molecular weight excluding hydrogens is 134 g/mol. The van der Waals surface area contributed by atoms with E-state index in [9.17, 15) is 0 Å². The van der Waals surface area contributed by atoms with Gasteiger partial charge in [0.2, 0.25) is 0 Å². The predicted octanol–water partition coefficient (Wildman–Crippen LogP) is 2.91. The summed E-state index contributed by atoms with van der Waals surface area (Å²) in [5.74, 6) is 0. The largest absolute Gasteiger partial charge is 0.306 e. The van der Waals surface area contributed by atoms with Crippen molar-refractivity contribution in [3.63, 3.8) is 0 Å². The molecule has 11 heavy (non-hydrogen) atoms. The van der Waals surface area contributed by atoms with Gasteiger partial charge in [-0.2, -0.15) is 0 Å². The molecule has 0 aromatic rings. The molecule has 0 amide bonds. The summed E-state index contributed by atoms with van der Waals surface area (Å²) in [7, 11) is 2.14. The normalized spacial score (nSPS) is 21.0. The minimum Gasteiger partial charge on any atom is -0.306 e. The van der Waals surface area contributed by atoms with Crippen LogP contribution in [-0.2, 0) is 0 Å². The summed E-state index contributed by atoms with van der Waals surface area (Å²) in [5, 5.41) is 0. The Kier molecular flexibility index (Phi) is 8.03. The van der Waals surface area contributed by atoms with Crippen LogP contribution in [0.15, 0.2) is 0 Å². The highest BCUT2D eigenvalue weighted by atomic mass is 15.1. The van der Waals surface area contributed by atoms with E-state index in [1.165, 1.54) is 45.2 Å². The summed E-state index contributed by atoms with van der Waals surface area (Å²) in [5.41, 5.74) is 0. The molecule has 0 bridgehead atoms. The number of rotatable bonds is 0. The van der Waals surface area contributed by atoms with Crippen LogP contribution in [0, 0.1) is 0 Å². The van der Waals surface area contributed by atoms with Crippen molar-refractivity contribution in [2.45, 2.75) is 46.0 Å². The number of likely N-dealkylation sites (tertiary alicyclic amines) is 1. The Morgan fingerprint density at radius 1 is 0.727 bits per heavy atom. The first-order chi connectivity index (χ1) is 5.39. The van der Waals surface area contributed by atoms with Crippen LogP contribution in [0.3, 0.4) is 0 Å². The molecular formula is C10H23N. The highest BCUT2D eigenvalue weighted by Gasteiger charge is 2.04. The van der Waals surface area contributed by atoms with Crippen LogP contribution in [0.2, 0.25) is 0 Å². The maximum Gasteiger partial charge on any atom is -0.000959 e. The average molecular weight is 157 g/mol. The van der Waals surface area contributed by atoms with Crippen molar-refractivity contribution < 1.29 is 0 Å². The second kappa shape index (κ2) is 8.06. The summed E-state index contributed by atoms with van der Waals surface area (Å²) in [6, 6.07) is 0. The molecule has 0 aromatic carbocycles. The van der Waals surface area contributed by atoms with Crippen molar-refractivity contribution in [2.24, 2.45) is 0 Å². The van der Waals surface area contributed by atoms with Crippen LogP contribution in [0.4, 0.5) is 0 Å². The molecule has 1 saturated carbocycles. The van der Waals surface area contributed by atoms with Gasteiger partial charge >= 0.3 is 0 Å². The van der Waals surface area contributed by atoms with Gasteiger partial charge in [-0.3, -0.25) is 0 Å². The standard InChI is InChI=1S/C4H9N.C4H8.C2H6/c1-5-3-2-4-5;1-2-4-3-1;1-2/h2-4H2,1H3;1-4H2;1-2H3. The second-order valence-electron chi connectivity index (χ2n) is 3.07. The Balaban J connectivity index is 0.000000152. The Morgan fingerprint density at radius 3 is 1.00 bits per heavy atom. The third kappa shape index (κ3) is 6.36. The fraction of sp³-hybridized carbons (Fsp3) is 1.00. The van der Waals surface area contributed by atoms with Gasteiger partial charge in [-0.05, 0) is 26.6 Å². The molecule has 0 unspecified atom stereocenters. The third-order valence-corrected chi connectivity index (χ3v) is 2.08. The third-order valence-electron chi connectivity index (χ3n) is 2.08. The van der Waals surface area contributed by atoms with Gasteiger partial charge in [-0.25, -0.2) is 0 Å². The fourth-order valence-corrected chi connectivity index (χ4v) is 0.724. The van der Waals surface area contributed by atoms with E-state index in [4.69, 9.17) is 0 Å². The molecule has 68 valence electrons. The van der Waals surface area contributed by atoms with Gasteiger partial charge in [0.25, 0.3) is 0 Å². The fourth-order valence-electron chi connectivity index (χ4n) is 0.724. The summed E-state index contributed by atoms with van der Waals surface area (Å²) < 4.78 is 0. The summed E-state index contributed by atoms with van der Waals surface area (Å²) in [6.07, 6.45) is 7.41. The summed E-state index contributed by atoms with van der Waals surface area (Å²) >= 11 is 0. The molecule has 0 radical (unpaired) electrons. The zero-order chi connectivity index (χ0) is 8.53. The van der Waals surface area contributed by atoms with Crippen LogP contribution >= 0.6 is 0 Å². The van der Waals surface area contributed by atoms with E-state index in [-0.39, 0.29) is 0 Å². The maximum atomic E-state index is 2.31. The predicted molar refractivity (Wildman–Crippen MR) is 51.9 cm³/mol. The molecule has 1 saturated heterocycles. The van der Waals surface area contributed by atoms with Crippen LogP contribution in [0.25, 0.3) is 0 Å². The molecule has 2 aliphatic rings. The zero-order valence-corrected chi connectivity index (χ0v) is 8.40. The van der Waals surface area contributed by atoms with E-state index in [1.807, 2.05) is 13.8 Å². The van der Waals surface area contributed by atoms with Gasteiger partial charge in [0.15, 0.2) is 0 Å². The van der Waals surface area contributed by atoms with Crippen LogP contribution in [-0.4, -0.2) is 25.0 Å². The van der Waals surface area contributed by atoms with Crippen LogP contribution in [0.5, 0.6) is 0 Å². The minimum absolute atomic E-state index is 1.32. The molecule has 1 aliphatic carbocycles. The quantitative estimate of drug-likeness (QED) is 0.522. The van der Waals surface area contributed by atoms with Crippen LogP contribution < -0.4 is 0 Å². The van der Waals surface area contributed by atoms with Gasteiger partial charge in [-0.1, -0.05) is 39.5 Å². The van der Waals surface area contributed by atoms with Crippen molar-refractivity contribution in [3.05, 3.63) is 0 Å². The molecule has 0 N–H and O–H groups in total. The van der Waals surface area contributed by atoms with Gasteiger partial charge in [0, 0.05) is 0 Å². The Labute approximate surface area is 71.8 Å². The minimum atomic E-state index is 1.32. The van der Waals surface area contributed by atoms with E-state index in [0.29, 0.717) is 0 Å². The van der Waals surface area contributed by atoms with Gasteiger partial charge in [0.1, 0.15) is 0 Å². The lowest BCUT2D eigenvalue weighted by Gasteiger charge is -2.24. The topological polar surface area (TPSA) is 3.24 Å². The lowest BCUT2D eigenvalue weighted by Crippen LogP contribution is -2.32. The maximum absolute atomic E-state index is 2.31. The van der Waals surface area contributed by atoms with Crippen molar-refractivity contribution in [2.75, 3.05) is 20.1 Å². The zero-order valence-electron chi connectivity index (χ0n) is 8.40. The molecule has 1 aliphatic heterocycles. The molecule has 1 nitrogen and oxygen atoms in total. The lowest BCUT2D eigenvalue weighted by atomic mass is 10.0. The molecule has 0 spiro atoms. The van der Waals surface area contributed by atoms with Crippen LogP contribution in [0.1, 0.15) is 46.0 Å². The molecule has 1 heterocycles. The van der Waals surface area contributed by atoms with Crippen molar-refractivity contribution in [3.8, 4) is 0 Å². The van der Waals surface area contributed by atoms with E-state index in [2.05, 4.69) is 11.9 Å². The smallest absolute Gasteiger partial charge is 0.000959 e. The molecule has 2 rings (SSSR count). The first-order valence-electron chi connectivity index (χ1n) is 5.08. The molecule has 0 aromatic heterocycles. The van der Waals surface area contributed by atoms with Gasteiger partial charge in [0.05, 0.1) is 0 Å². The van der Waals surface area contributed by atoms with E-state index < -0.39 is 0 Å². The van der Waals surface area contributed by atoms with E-state index >= 15 is 0 Å². The van der Waals surface area contributed by atoms with E-state index in [1.54, 1.807) is 0 Å².